The van der Waals surface area contributed by atoms with E-state index in [4.69, 9.17) is 23.2 Å². The first-order chi connectivity index (χ1) is 8.66. The molecule has 18 heavy (non-hydrogen) atoms. The average molecular weight is 280 g/mol. The number of rotatable bonds is 4. The van der Waals surface area contributed by atoms with Crippen LogP contribution in [-0.4, -0.2) is 6.10 Å². The molecule has 0 N–H and O–H groups in total. The van der Waals surface area contributed by atoms with Crippen LogP contribution in [0.25, 0.3) is 0 Å². The molecule has 2 aromatic carbocycles. The van der Waals surface area contributed by atoms with Gasteiger partial charge in [-0.3, -0.25) is 0 Å². The van der Waals surface area contributed by atoms with Crippen molar-refractivity contribution in [2.75, 3.05) is 0 Å². The van der Waals surface area contributed by atoms with E-state index >= 15 is 0 Å². The monoisotopic (exact) mass is 279 g/mol. The first kappa shape index (κ1) is 13.4. The van der Waals surface area contributed by atoms with E-state index < -0.39 is 6.10 Å². The number of halogens is 2. The van der Waals surface area contributed by atoms with E-state index in [-0.39, 0.29) is 0 Å². The van der Waals surface area contributed by atoms with E-state index in [1.165, 1.54) is 0 Å². The number of benzene rings is 2. The van der Waals surface area contributed by atoms with E-state index in [2.05, 4.69) is 0 Å². The molecule has 2 rings (SSSR count). The molecule has 0 aliphatic rings. The third-order valence-corrected chi connectivity index (χ3v) is 3.55. The van der Waals surface area contributed by atoms with Gasteiger partial charge in [-0.1, -0.05) is 59.6 Å². The highest BCUT2D eigenvalue weighted by Gasteiger charge is 2.12. The topological polar surface area (TPSA) is 19.9 Å². The van der Waals surface area contributed by atoms with E-state index in [0.717, 1.165) is 11.1 Å². The Morgan fingerprint density at radius 3 is 1.56 bits per heavy atom. The van der Waals surface area contributed by atoms with Crippen molar-refractivity contribution in [1.29, 1.82) is 0 Å². The van der Waals surface area contributed by atoms with Crippen molar-refractivity contribution < 1.29 is 5.11 Å². The van der Waals surface area contributed by atoms with Gasteiger partial charge in [0.05, 0.1) is 0 Å². The molecule has 1 nitrogen and oxygen atoms in total. The van der Waals surface area contributed by atoms with Crippen LogP contribution >= 0.6 is 23.2 Å². The van der Waals surface area contributed by atoms with Crippen LogP contribution in [0.1, 0.15) is 11.1 Å². The predicted molar refractivity (Wildman–Crippen MR) is 74.8 cm³/mol. The van der Waals surface area contributed by atoms with Crippen LogP contribution < -0.4 is 0 Å². The van der Waals surface area contributed by atoms with Gasteiger partial charge in [-0.25, -0.2) is 5.11 Å². The van der Waals surface area contributed by atoms with Gasteiger partial charge in [0.2, 0.25) is 0 Å². The van der Waals surface area contributed by atoms with Gasteiger partial charge < -0.3 is 0 Å². The summed E-state index contributed by atoms with van der Waals surface area (Å²) in [7, 11) is 0. The Kier molecular flexibility index (Phi) is 4.65. The average Bonchev–Trinajstić information content (AvgIpc) is 2.35. The maximum absolute atomic E-state index is 12.1. The summed E-state index contributed by atoms with van der Waals surface area (Å²) in [6.07, 6.45) is 0.111. The van der Waals surface area contributed by atoms with Crippen LogP contribution in [-0.2, 0) is 17.9 Å². The van der Waals surface area contributed by atoms with E-state index in [1.54, 1.807) is 12.1 Å². The van der Waals surface area contributed by atoms with Crippen molar-refractivity contribution in [3.63, 3.8) is 0 Å². The van der Waals surface area contributed by atoms with E-state index in [0.29, 0.717) is 22.9 Å². The van der Waals surface area contributed by atoms with Crippen LogP contribution in [0.5, 0.6) is 0 Å². The van der Waals surface area contributed by atoms with Gasteiger partial charge in [-0.05, 0) is 23.3 Å². The quantitative estimate of drug-likeness (QED) is 0.781. The van der Waals surface area contributed by atoms with Crippen molar-refractivity contribution in [3.05, 3.63) is 69.7 Å². The smallest absolute Gasteiger partial charge is 0.101 e. The van der Waals surface area contributed by atoms with Gasteiger partial charge in [0.25, 0.3) is 0 Å². The molecular weight excluding hydrogens is 267 g/mol. The third-order valence-electron chi connectivity index (χ3n) is 2.81. The second kappa shape index (κ2) is 6.24. The third kappa shape index (κ3) is 3.49. The summed E-state index contributed by atoms with van der Waals surface area (Å²) in [6.45, 7) is 0. The molecule has 0 heterocycles. The van der Waals surface area contributed by atoms with Gasteiger partial charge in [-0.15, -0.1) is 0 Å². The molecule has 0 unspecified atom stereocenters. The lowest BCUT2D eigenvalue weighted by molar-refractivity contribution is 0.0896. The van der Waals surface area contributed by atoms with Crippen LogP contribution in [0, 0.1) is 0 Å². The molecule has 0 saturated carbocycles. The summed E-state index contributed by atoms with van der Waals surface area (Å²) in [4.78, 5) is 0. The molecule has 0 aliphatic heterocycles. The summed E-state index contributed by atoms with van der Waals surface area (Å²) in [5.41, 5.74) is 1.79. The predicted octanol–water partition coefficient (Wildman–Crippen LogP) is 4.58. The van der Waals surface area contributed by atoms with E-state index in [9.17, 15) is 5.11 Å². The van der Waals surface area contributed by atoms with Crippen molar-refractivity contribution in [2.24, 2.45) is 0 Å². The van der Waals surface area contributed by atoms with Crippen molar-refractivity contribution in [3.8, 4) is 0 Å². The lowest BCUT2D eigenvalue weighted by Crippen LogP contribution is -2.12. The Labute approximate surface area is 117 Å². The molecule has 3 heteroatoms. The van der Waals surface area contributed by atoms with Crippen molar-refractivity contribution in [1.82, 2.24) is 0 Å². The zero-order chi connectivity index (χ0) is 13.0. The molecule has 0 saturated heterocycles. The SMILES string of the molecule is [O]C(Cc1ccccc1Cl)Cc1ccccc1Cl. The van der Waals surface area contributed by atoms with Gasteiger partial charge in [0.15, 0.2) is 0 Å². The van der Waals surface area contributed by atoms with Gasteiger partial charge in [0.1, 0.15) is 6.10 Å². The molecule has 0 spiro atoms. The standard InChI is InChI=1S/C15H13Cl2O/c16-14-7-3-1-5-11(14)9-13(18)10-12-6-2-4-8-15(12)17/h1-8,13H,9-10H2. The Hall–Kier alpha value is -1.02. The van der Waals surface area contributed by atoms with Crippen molar-refractivity contribution in [2.45, 2.75) is 18.9 Å². The Bertz CT molecular complexity index is 478. The molecular formula is C15H13Cl2O. The minimum atomic E-state index is -0.732. The molecule has 0 bridgehead atoms. The lowest BCUT2D eigenvalue weighted by atomic mass is 10.0. The van der Waals surface area contributed by atoms with Crippen LogP contribution in [0.15, 0.2) is 48.5 Å². The molecule has 1 radical (unpaired) electrons. The highest BCUT2D eigenvalue weighted by molar-refractivity contribution is 6.31. The largest absolute Gasteiger partial charge is 0.232 e. The highest BCUT2D eigenvalue weighted by Crippen LogP contribution is 2.21. The fourth-order valence-corrected chi connectivity index (χ4v) is 2.32. The first-order valence-electron chi connectivity index (χ1n) is 5.79. The fourth-order valence-electron chi connectivity index (χ4n) is 1.89. The Balaban J connectivity index is 2.04. The molecule has 0 amide bonds. The maximum atomic E-state index is 12.1. The molecule has 2 aromatic rings. The zero-order valence-corrected chi connectivity index (χ0v) is 11.3. The first-order valence-corrected chi connectivity index (χ1v) is 6.55. The van der Waals surface area contributed by atoms with Gasteiger partial charge >= 0.3 is 0 Å². The zero-order valence-electron chi connectivity index (χ0n) is 9.77. The second-order valence-corrected chi connectivity index (χ2v) is 5.03. The minimum absolute atomic E-state index is 0.422. The highest BCUT2D eigenvalue weighted by atomic mass is 35.5. The molecule has 0 atom stereocenters. The molecule has 0 fully saturated rings. The van der Waals surface area contributed by atoms with Gasteiger partial charge in [-0.2, -0.15) is 0 Å². The second-order valence-electron chi connectivity index (χ2n) is 4.21. The Morgan fingerprint density at radius 1 is 0.778 bits per heavy atom. The molecule has 93 valence electrons. The summed E-state index contributed by atoms with van der Waals surface area (Å²) < 4.78 is 0. The Morgan fingerprint density at radius 2 is 1.17 bits per heavy atom. The van der Waals surface area contributed by atoms with E-state index in [1.807, 2.05) is 36.4 Å². The van der Waals surface area contributed by atoms with Crippen LogP contribution in [0.4, 0.5) is 0 Å². The number of hydrogen-bond donors (Lipinski definition) is 0. The lowest BCUT2D eigenvalue weighted by Gasteiger charge is -2.10. The van der Waals surface area contributed by atoms with Crippen LogP contribution in [0.3, 0.4) is 0 Å². The summed E-state index contributed by atoms with van der Waals surface area (Å²) >= 11 is 12.1. The number of hydrogen-bond acceptors (Lipinski definition) is 0. The fraction of sp³-hybridized carbons (Fsp3) is 0.200. The maximum Gasteiger partial charge on any atom is 0.101 e. The van der Waals surface area contributed by atoms with Crippen molar-refractivity contribution >= 4 is 23.2 Å². The molecule has 0 aliphatic carbocycles. The summed E-state index contributed by atoms with van der Waals surface area (Å²) in [5.74, 6) is 0. The minimum Gasteiger partial charge on any atom is -0.232 e. The molecule has 0 aromatic heterocycles. The normalized spacial score (nSPS) is 10.9. The van der Waals surface area contributed by atoms with Crippen LogP contribution in [0.2, 0.25) is 10.0 Å². The summed E-state index contributed by atoms with van der Waals surface area (Å²) in [6, 6.07) is 14.9. The van der Waals surface area contributed by atoms with Gasteiger partial charge in [0, 0.05) is 22.9 Å². The summed E-state index contributed by atoms with van der Waals surface area (Å²) in [5, 5.41) is 13.4.